The lowest BCUT2D eigenvalue weighted by Crippen LogP contribution is -2.27. The molecule has 0 radical (unpaired) electrons. The lowest BCUT2D eigenvalue weighted by molar-refractivity contribution is 0.318. The lowest BCUT2D eigenvalue weighted by atomic mass is 10.2. The van der Waals surface area contributed by atoms with Crippen LogP contribution in [-0.2, 0) is 4.74 Å². The molecular formula is C7H15NOS. The second-order valence-corrected chi connectivity index (χ2v) is 2.87. The molecule has 0 amide bonds. The van der Waals surface area contributed by atoms with Crippen molar-refractivity contribution in [1.82, 2.24) is 5.32 Å². The number of hydrogen-bond donors (Lipinski definition) is 1. The number of nitrogens with one attached hydrogen (secondary N) is 1. The number of hydrogen-bond acceptors (Lipinski definition) is 2. The topological polar surface area (TPSA) is 21.3 Å². The Balaban J connectivity index is 3.22. The van der Waals surface area contributed by atoms with Crippen molar-refractivity contribution in [3.8, 4) is 0 Å². The maximum Gasteiger partial charge on any atom is 0.256 e. The molecule has 2 nitrogen and oxygen atoms in total. The summed E-state index contributed by atoms with van der Waals surface area (Å²) in [5.41, 5.74) is 0. The van der Waals surface area contributed by atoms with Crippen molar-refractivity contribution in [3.05, 3.63) is 0 Å². The molecule has 0 aromatic heterocycles. The molecule has 0 bridgehead atoms. The first-order valence-corrected chi connectivity index (χ1v) is 3.98. The van der Waals surface area contributed by atoms with Crippen molar-refractivity contribution >= 4 is 17.4 Å². The molecular weight excluding hydrogens is 146 g/mol. The predicted octanol–water partition coefficient (Wildman–Crippen LogP) is 1.55. The van der Waals surface area contributed by atoms with Gasteiger partial charge in [0.15, 0.2) is 0 Å². The van der Waals surface area contributed by atoms with Gasteiger partial charge in [-0.1, -0.05) is 13.8 Å². The maximum atomic E-state index is 5.01. The van der Waals surface area contributed by atoms with E-state index < -0.39 is 0 Å². The van der Waals surface area contributed by atoms with E-state index in [1.165, 1.54) is 0 Å². The van der Waals surface area contributed by atoms with Crippen LogP contribution in [0.25, 0.3) is 0 Å². The largest absolute Gasteiger partial charge is 0.471 e. The van der Waals surface area contributed by atoms with Gasteiger partial charge in [-0.2, -0.15) is 0 Å². The Morgan fingerprint density at radius 2 is 2.20 bits per heavy atom. The minimum atomic E-state index is 0.510. The minimum Gasteiger partial charge on any atom is -0.471 e. The van der Waals surface area contributed by atoms with Crippen molar-refractivity contribution in [1.29, 1.82) is 0 Å². The number of thiocarbonyl (C=S) groups is 1. The Morgan fingerprint density at radius 1 is 1.60 bits per heavy atom. The molecule has 60 valence electrons. The highest BCUT2D eigenvalue weighted by atomic mass is 32.1. The smallest absolute Gasteiger partial charge is 0.256 e. The van der Waals surface area contributed by atoms with E-state index in [9.17, 15) is 0 Å². The lowest BCUT2D eigenvalue weighted by Gasteiger charge is -2.09. The number of rotatable bonds is 3. The van der Waals surface area contributed by atoms with E-state index >= 15 is 0 Å². The molecule has 0 aromatic carbocycles. The first-order valence-electron chi connectivity index (χ1n) is 3.57. The van der Waals surface area contributed by atoms with Gasteiger partial charge in [-0.15, -0.1) is 0 Å². The zero-order valence-corrected chi connectivity index (χ0v) is 7.62. The fraction of sp³-hybridized carbons (Fsp3) is 0.857. The summed E-state index contributed by atoms with van der Waals surface area (Å²) in [6.45, 7) is 7.70. The van der Waals surface area contributed by atoms with Gasteiger partial charge < -0.3 is 10.1 Å². The van der Waals surface area contributed by atoms with E-state index in [4.69, 9.17) is 17.0 Å². The van der Waals surface area contributed by atoms with Gasteiger partial charge >= 0.3 is 0 Å². The maximum absolute atomic E-state index is 5.01. The standard InChI is InChI=1S/C7H15NOS/c1-4-9-7(10)8-5-6(2)3/h6H,4-5H2,1-3H3,(H,8,10). The second-order valence-electron chi connectivity index (χ2n) is 2.50. The molecule has 0 fully saturated rings. The number of ether oxygens (including phenoxy) is 1. The average Bonchev–Trinajstić information content (AvgIpc) is 1.85. The summed E-state index contributed by atoms with van der Waals surface area (Å²) in [4.78, 5) is 0. The Hall–Kier alpha value is -0.310. The van der Waals surface area contributed by atoms with Gasteiger partial charge in [-0.25, -0.2) is 0 Å². The molecule has 0 saturated heterocycles. The SMILES string of the molecule is CCOC(=S)NCC(C)C. The first kappa shape index (κ1) is 9.69. The first-order chi connectivity index (χ1) is 4.66. The molecule has 0 heterocycles. The summed E-state index contributed by atoms with van der Waals surface area (Å²) in [6.07, 6.45) is 0. The van der Waals surface area contributed by atoms with Crippen LogP contribution in [0, 0.1) is 5.92 Å². The van der Waals surface area contributed by atoms with E-state index in [-0.39, 0.29) is 0 Å². The van der Waals surface area contributed by atoms with Gasteiger partial charge in [0.2, 0.25) is 0 Å². The highest BCUT2D eigenvalue weighted by Crippen LogP contribution is 1.87. The second kappa shape index (κ2) is 5.47. The Kier molecular flexibility index (Phi) is 5.30. The Bertz CT molecular complexity index is 104. The van der Waals surface area contributed by atoms with Gasteiger partial charge in [-0.05, 0) is 25.1 Å². The van der Waals surface area contributed by atoms with Crippen LogP contribution in [0.5, 0.6) is 0 Å². The van der Waals surface area contributed by atoms with Gasteiger partial charge in [0.25, 0.3) is 5.17 Å². The van der Waals surface area contributed by atoms with Crippen molar-refractivity contribution < 1.29 is 4.74 Å². The van der Waals surface area contributed by atoms with Gasteiger partial charge in [-0.3, -0.25) is 0 Å². The van der Waals surface area contributed by atoms with E-state index in [2.05, 4.69) is 19.2 Å². The van der Waals surface area contributed by atoms with Crippen LogP contribution in [0.1, 0.15) is 20.8 Å². The molecule has 0 atom stereocenters. The summed E-state index contributed by atoms with van der Waals surface area (Å²) >= 11 is 4.84. The van der Waals surface area contributed by atoms with Crippen LogP contribution in [0.15, 0.2) is 0 Å². The fourth-order valence-corrected chi connectivity index (χ4v) is 0.671. The molecule has 0 rings (SSSR count). The van der Waals surface area contributed by atoms with Crippen molar-refractivity contribution in [2.24, 2.45) is 5.92 Å². The summed E-state index contributed by atoms with van der Waals surface area (Å²) in [6, 6.07) is 0. The molecule has 1 N–H and O–H groups in total. The molecule has 0 aromatic rings. The van der Waals surface area contributed by atoms with Crippen LogP contribution >= 0.6 is 12.2 Å². The van der Waals surface area contributed by atoms with Crippen LogP contribution in [0.2, 0.25) is 0 Å². The highest BCUT2D eigenvalue weighted by Gasteiger charge is 1.95. The Morgan fingerprint density at radius 3 is 2.60 bits per heavy atom. The van der Waals surface area contributed by atoms with Gasteiger partial charge in [0.05, 0.1) is 6.61 Å². The van der Waals surface area contributed by atoms with E-state index in [0.717, 1.165) is 6.54 Å². The molecule has 10 heavy (non-hydrogen) atoms. The molecule has 0 unspecified atom stereocenters. The zero-order chi connectivity index (χ0) is 7.98. The molecule has 0 aliphatic carbocycles. The van der Waals surface area contributed by atoms with Crippen LogP contribution < -0.4 is 5.32 Å². The van der Waals surface area contributed by atoms with Crippen molar-refractivity contribution in [2.75, 3.05) is 13.2 Å². The average molecular weight is 161 g/mol. The summed E-state index contributed by atoms with van der Waals surface area (Å²) in [5, 5.41) is 3.50. The Labute approximate surface area is 68.0 Å². The normalized spacial score (nSPS) is 9.60. The summed E-state index contributed by atoms with van der Waals surface area (Å²) in [7, 11) is 0. The van der Waals surface area contributed by atoms with Crippen molar-refractivity contribution in [2.45, 2.75) is 20.8 Å². The third kappa shape index (κ3) is 5.82. The van der Waals surface area contributed by atoms with Crippen LogP contribution in [0.4, 0.5) is 0 Å². The molecule has 0 spiro atoms. The van der Waals surface area contributed by atoms with Crippen LogP contribution in [0.3, 0.4) is 0 Å². The monoisotopic (exact) mass is 161 g/mol. The highest BCUT2D eigenvalue weighted by molar-refractivity contribution is 7.80. The quantitative estimate of drug-likeness (QED) is 0.635. The molecule has 0 aliphatic heterocycles. The van der Waals surface area contributed by atoms with Crippen molar-refractivity contribution in [3.63, 3.8) is 0 Å². The fourth-order valence-electron chi connectivity index (χ4n) is 0.470. The van der Waals surface area contributed by atoms with Gasteiger partial charge in [0, 0.05) is 6.54 Å². The van der Waals surface area contributed by atoms with E-state index in [0.29, 0.717) is 17.7 Å². The zero-order valence-electron chi connectivity index (χ0n) is 6.81. The molecule has 0 saturated carbocycles. The van der Waals surface area contributed by atoms with E-state index in [1.54, 1.807) is 0 Å². The third-order valence-corrected chi connectivity index (χ3v) is 1.19. The summed E-state index contributed by atoms with van der Waals surface area (Å²) in [5.74, 6) is 0.610. The minimum absolute atomic E-state index is 0.510. The van der Waals surface area contributed by atoms with Gasteiger partial charge in [0.1, 0.15) is 0 Å². The molecule has 3 heteroatoms. The predicted molar refractivity (Wildman–Crippen MR) is 47.1 cm³/mol. The molecule has 0 aliphatic rings. The van der Waals surface area contributed by atoms with Crippen LogP contribution in [-0.4, -0.2) is 18.3 Å². The summed E-state index contributed by atoms with van der Waals surface area (Å²) < 4.78 is 5.01. The van der Waals surface area contributed by atoms with E-state index in [1.807, 2.05) is 6.92 Å². The third-order valence-electron chi connectivity index (χ3n) is 0.930.